The molecule has 0 radical (unpaired) electrons. The molecule has 0 atom stereocenters. The first-order chi connectivity index (χ1) is 17.5. The van der Waals surface area contributed by atoms with Crippen LogP contribution in [0.25, 0.3) is 28.0 Å². The smallest absolute Gasteiger partial charge is 0.291 e. The third-order valence-electron chi connectivity index (χ3n) is 5.80. The average Bonchev–Trinajstić information content (AvgIpc) is 3.55. The number of unbranched alkanes of at least 4 members (excludes halogenated alkanes) is 1. The summed E-state index contributed by atoms with van der Waals surface area (Å²) in [7, 11) is 0. The summed E-state index contributed by atoms with van der Waals surface area (Å²) < 4.78 is 5.66. The van der Waals surface area contributed by atoms with E-state index in [0.29, 0.717) is 28.0 Å². The van der Waals surface area contributed by atoms with Crippen molar-refractivity contribution in [3.63, 3.8) is 0 Å². The van der Waals surface area contributed by atoms with E-state index in [1.165, 1.54) is 23.8 Å². The van der Waals surface area contributed by atoms with Crippen molar-refractivity contribution in [3.05, 3.63) is 100 Å². The van der Waals surface area contributed by atoms with Crippen LogP contribution in [0.15, 0.2) is 83.3 Å². The van der Waals surface area contributed by atoms with Crippen molar-refractivity contribution >= 4 is 28.3 Å². The predicted molar refractivity (Wildman–Crippen MR) is 136 cm³/mol. The molecule has 9 nitrogen and oxygen atoms in total. The average molecular weight is 482 g/mol. The molecule has 36 heavy (non-hydrogen) atoms. The van der Waals surface area contributed by atoms with Crippen molar-refractivity contribution in [1.82, 2.24) is 15.0 Å². The van der Waals surface area contributed by atoms with Gasteiger partial charge in [-0.1, -0.05) is 37.6 Å². The molecule has 0 aliphatic rings. The summed E-state index contributed by atoms with van der Waals surface area (Å²) in [6.45, 7) is 2.18. The van der Waals surface area contributed by atoms with Crippen molar-refractivity contribution in [1.29, 1.82) is 0 Å². The number of carbonyl (C=O) groups excluding carboxylic acids is 1. The van der Waals surface area contributed by atoms with Gasteiger partial charge in [-0.25, -0.2) is 0 Å². The van der Waals surface area contributed by atoms with Gasteiger partial charge in [-0.3, -0.25) is 14.9 Å². The van der Waals surface area contributed by atoms with Crippen LogP contribution in [0.2, 0.25) is 0 Å². The molecule has 0 saturated heterocycles. The van der Waals surface area contributed by atoms with E-state index in [1.807, 2.05) is 12.1 Å². The number of nitro benzene ring substituents is 1. The normalized spacial score (nSPS) is 11.0. The Kier molecular flexibility index (Phi) is 6.27. The molecule has 5 rings (SSSR count). The number of nitro groups is 1. The first-order valence-electron chi connectivity index (χ1n) is 11.6. The minimum atomic E-state index is -0.477. The zero-order valence-electron chi connectivity index (χ0n) is 19.5. The minimum absolute atomic E-state index is 0.0521. The summed E-state index contributed by atoms with van der Waals surface area (Å²) in [5.74, 6) is 0.00692. The monoisotopic (exact) mass is 481 g/mol. The second kappa shape index (κ2) is 9.83. The standard InChI is InChI=1S/C27H23N5O4/c1-2-3-5-18-8-11-21(12-9-18)31-29-23-13-10-20(17-24(23)30-31)28-27(33)26-15-14-25(36-26)19-6-4-7-22(16-19)32(34)35/h4,6-17H,2-3,5H2,1H3,(H,28,33). The molecule has 2 aromatic heterocycles. The second-order valence-corrected chi connectivity index (χ2v) is 8.39. The van der Waals surface area contributed by atoms with Crippen LogP contribution < -0.4 is 5.32 Å². The number of rotatable bonds is 8. The minimum Gasteiger partial charge on any atom is -0.451 e. The Morgan fingerprint density at radius 2 is 1.81 bits per heavy atom. The molecule has 0 aliphatic heterocycles. The third kappa shape index (κ3) is 4.85. The quantitative estimate of drug-likeness (QED) is 0.209. The van der Waals surface area contributed by atoms with Gasteiger partial charge in [-0.15, -0.1) is 10.2 Å². The fraction of sp³-hybridized carbons (Fsp3) is 0.148. The number of hydrogen-bond acceptors (Lipinski definition) is 6. The predicted octanol–water partition coefficient (Wildman–Crippen LogP) is 6.18. The van der Waals surface area contributed by atoms with Crippen LogP contribution in [0.1, 0.15) is 35.9 Å². The van der Waals surface area contributed by atoms with Crippen molar-refractivity contribution in [2.75, 3.05) is 5.32 Å². The Morgan fingerprint density at radius 1 is 1.00 bits per heavy atom. The van der Waals surface area contributed by atoms with Crippen LogP contribution in [0, 0.1) is 10.1 Å². The number of amides is 1. The van der Waals surface area contributed by atoms with E-state index in [4.69, 9.17) is 4.42 Å². The molecule has 0 saturated carbocycles. The van der Waals surface area contributed by atoms with Crippen molar-refractivity contribution in [2.45, 2.75) is 26.2 Å². The molecule has 5 aromatic rings. The number of aryl methyl sites for hydroxylation is 1. The Balaban J connectivity index is 1.31. The zero-order chi connectivity index (χ0) is 25.1. The highest BCUT2D eigenvalue weighted by molar-refractivity contribution is 6.03. The zero-order valence-corrected chi connectivity index (χ0v) is 19.5. The maximum atomic E-state index is 12.7. The van der Waals surface area contributed by atoms with Crippen LogP contribution in [0.4, 0.5) is 11.4 Å². The summed E-state index contributed by atoms with van der Waals surface area (Å²) in [5.41, 5.74) is 4.50. The lowest BCUT2D eigenvalue weighted by atomic mass is 10.1. The highest BCUT2D eigenvalue weighted by Crippen LogP contribution is 2.26. The van der Waals surface area contributed by atoms with Crippen LogP contribution in [0.5, 0.6) is 0 Å². The number of benzene rings is 3. The number of nitrogens with one attached hydrogen (secondary N) is 1. The van der Waals surface area contributed by atoms with Crippen LogP contribution >= 0.6 is 0 Å². The lowest BCUT2D eigenvalue weighted by Crippen LogP contribution is -2.10. The number of furan rings is 1. The maximum absolute atomic E-state index is 12.7. The van der Waals surface area contributed by atoms with Crippen molar-refractivity contribution in [2.24, 2.45) is 0 Å². The van der Waals surface area contributed by atoms with Gasteiger partial charge in [0.2, 0.25) is 0 Å². The molecule has 1 amide bonds. The van der Waals surface area contributed by atoms with Crippen molar-refractivity contribution < 1.29 is 14.1 Å². The molecule has 0 fully saturated rings. The van der Waals surface area contributed by atoms with E-state index in [2.05, 4.69) is 34.6 Å². The fourth-order valence-corrected chi connectivity index (χ4v) is 3.87. The summed E-state index contributed by atoms with van der Waals surface area (Å²) in [4.78, 5) is 24.9. The van der Waals surface area contributed by atoms with E-state index < -0.39 is 10.8 Å². The second-order valence-electron chi connectivity index (χ2n) is 8.39. The molecule has 2 heterocycles. The van der Waals surface area contributed by atoms with Crippen molar-refractivity contribution in [3.8, 4) is 17.0 Å². The summed E-state index contributed by atoms with van der Waals surface area (Å²) >= 11 is 0. The lowest BCUT2D eigenvalue weighted by molar-refractivity contribution is -0.384. The molecular weight excluding hydrogens is 458 g/mol. The topological polar surface area (TPSA) is 116 Å². The molecule has 9 heteroatoms. The van der Waals surface area contributed by atoms with E-state index in [-0.39, 0.29) is 11.4 Å². The van der Waals surface area contributed by atoms with Gasteiger partial charge in [0.1, 0.15) is 16.8 Å². The Hall–Kier alpha value is -4.79. The number of fused-ring (bicyclic) bond motifs is 1. The number of anilines is 1. The van der Waals surface area contributed by atoms with Gasteiger partial charge in [0, 0.05) is 23.4 Å². The van der Waals surface area contributed by atoms with Gasteiger partial charge in [0.15, 0.2) is 5.76 Å². The SMILES string of the molecule is CCCCc1ccc(-n2nc3ccc(NC(=O)c4ccc(-c5cccc([N+](=O)[O-])c5)o4)cc3n2)cc1. The summed E-state index contributed by atoms with van der Waals surface area (Å²) in [6.07, 6.45) is 3.37. The van der Waals surface area contributed by atoms with Gasteiger partial charge in [0.25, 0.3) is 11.6 Å². The number of non-ortho nitro benzene ring substituents is 1. The van der Waals surface area contributed by atoms with E-state index in [9.17, 15) is 14.9 Å². The maximum Gasteiger partial charge on any atom is 0.291 e. The first-order valence-corrected chi connectivity index (χ1v) is 11.6. The summed E-state index contributed by atoms with van der Waals surface area (Å²) in [6, 6.07) is 22.7. The fourth-order valence-electron chi connectivity index (χ4n) is 3.87. The van der Waals surface area contributed by atoms with Crippen LogP contribution in [-0.4, -0.2) is 25.8 Å². The van der Waals surface area contributed by atoms with E-state index in [1.54, 1.807) is 41.2 Å². The van der Waals surface area contributed by atoms with Gasteiger partial charge in [0.05, 0.1) is 10.6 Å². The number of hydrogen-bond donors (Lipinski definition) is 1. The third-order valence-corrected chi connectivity index (χ3v) is 5.80. The Bertz CT molecular complexity index is 1550. The Morgan fingerprint density at radius 3 is 2.58 bits per heavy atom. The molecule has 0 spiro atoms. The number of nitrogens with zero attached hydrogens (tertiary/aromatic N) is 4. The molecule has 180 valence electrons. The largest absolute Gasteiger partial charge is 0.451 e. The van der Waals surface area contributed by atoms with Gasteiger partial charge < -0.3 is 9.73 Å². The summed E-state index contributed by atoms with van der Waals surface area (Å²) in [5, 5.41) is 22.9. The highest BCUT2D eigenvalue weighted by Gasteiger charge is 2.15. The molecule has 0 aliphatic carbocycles. The van der Waals surface area contributed by atoms with E-state index in [0.717, 1.165) is 24.9 Å². The molecule has 0 unspecified atom stereocenters. The van der Waals surface area contributed by atoms with Gasteiger partial charge >= 0.3 is 0 Å². The van der Waals surface area contributed by atoms with Gasteiger partial charge in [-0.2, -0.15) is 4.80 Å². The van der Waals surface area contributed by atoms with Gasteiger partial charge in [-0.05, 0) is 60.9 Å². The lowest BCUT2D eigenvalue weighted by Gasteiger charge is -2.03. The molecule has 1 N–H and O–H groups in total. The Labute approximate surface area is 206 Å². The molecule has 3 aromatic carbocycles. The highest BCUT2D eigenvalue weighted by atomic mass is 16.6. The van der Waals surface area contributed by atoms with Crippen LogP contribution in [0.3, 0.4) is 0 Å². The van der Waals surface area contributed by atoms with E-state index >= 15 is 0 Å². The van der Waals surface area contributed by atoms with Crippen LogP contribution in [-0.2, 0) is 6.42 Å². The number of carbonyl (C=O) groups is 1. The first kappa shape index (κ1) is 23.0. The molecular formula is C27H23N5O4. The molecule has 0 bridgehead atoms. The number of aromatic nitrogens is 3.